The van der Waals surface area contributed by atoms with Crippen molar-refractivity contribution >= 4 is 40.5 Å². The van der Waals surface area contributed by atoms with Gasteiger partial charge in [-0.15, -0.1) is 0 Å². The molecule has 0 saturated heterocycles. The van der Waals surface area contributed by atoms with Crippen LogP contribution >= 0.6 is 34.8 Å². The third-order valence-electron chi connectivity index (χ3n) is 3.99. The van der Waals surface area contributed by atoms with Gasteiger partial charge in [-0.05, 0) is 54.4 Å². The van der Waals surface area contributed by atoms with E-state index in [1.807, 2.05) is 49.4 Å². The summed E-state index contributed by atoms with van der Waals surface area (Å²) in [4.78, 5) is 0. The lowest BCUT2D eigenvalue weighted by Gasteiger charge is -2.12. The van der Waals surface area contributed by atoms with Crippen molar-refractivity contribution in [2.75, 3.05) is 5.32 Å². The van der Waals surface area contributed by atoms with Gasteiger partial charge >= 0.3 is 0 Å². The quantitative estimate of drug-likeness (QED) is 0.469. The third-order valence-corrected chi connectivity index (χ3v) is 4.81. The molecule has 2 nitrogen and oxygen atoms in total. The average molecular weight is 407 g/mol. The van der Waals surface area contributed by atoms with Gasteiger partial charge in [0.15, 0.2) is 0 Å². The SMILES string of the molecule is Cc1ccc(Cl)cc1NCc1cccc(OCc2ccc(Cl)cc2Cl)c1. The molecule has 0 radical (unpaired) electrons. The number of benzene rings is 3. The molecule has 0 amide bonds. The minimum Gasteiger partial charge on any atom is -0.489 e. The summed E-state index contributed by atoms with van der Waals surface area (Å²) in [5.74, 6) is 0.790. The predicted octanol–water partition coefficient (Wildman–Crippen LogP) is 7.15. The van der Waals surface area contributed by atoms with Crippen LogP contribution in [0.2, 0.25) is 15.1 Å². The highest BCUT2D eigenvalue weighted by molar-refractivity contribution is 6.35. The highest BCUT2D eigenvalue weighted by Gasteiger charge is 2.04. The van der Waals surface area contributed by atoms with E-state index in [-0.39, 0.29) is 0 Å². The van der Waals surface area contributed by atoms with E-state index < -0.39 is 0 Å². The van der Waals surface area contributed by atoms with E-state index >= 15 is 0 Å². The van der Waals surface area contributed by atoms with E-state index in [4.69, 9.17) is 39.5 Å². The van der Waals surface area contributed by atoms with E-state index in [0.29, 0.717) is 23.2 Å². The van der Waals surface area contributed by atoms with Crippen molar-refractivity contribution in [2.45, 2.75) is 20.1 Å². The van der Waals surface area contributed by atoms with Crippen molar-refractivity contribution in [3.63, 3.8) is 0 Å². The summed E-state index contributed by atoms with van der Waals surface area (Å²) in [5, 5.41) is 5.35. The van der Waals surface area contributed by atoms with Crippen molar-refractivity contribution in [3.8, 4) is 5.75 Å². The van der Waals surface area contributed by atoms with Gasteiger partial charge in [0.2, 0.25) is 0 Å². The monoisotopic (exact) mass is 405 g/mol. The Labute approximate surface area is 168 Å². The molecule has 0 aliphatic heterocycles. The maximum atomic E-state index is 6.19. The third kappa shape index (κ3) is 5.07. The van der Waals surface area contributed by atoms with Crippen LogP contribution < -0.4 is 10.1 Å². The zero-order valence-corrected chi connectivity index (χ0v) is 16.5. The summed E-state index contributed by atoms with van der Waals surface area (Å²) in [6.45, 7) is 3.12. The fourth-order valence-electron chi connectivity index (χ4n) is 2.53. The van der Waals surface area contributed by atoms with E-state index in [0.717, 1.165) is 33.1 Å². The van der Waals surface area contributed by atoms with Crippen LogP contribution in [-0.2, 0) is 13.2 Å². The van der Waals surface area contributed by atoms with Gasteiger partial charge in [0.25, 0.3) is 0 Å². The second-order valence-electron chi connectivity index (χ2n) is 5.98. The van der Waals surface area contributed by atoms with Gasteiger partial charge in [0.1, 0.15) is 12.4 Å². The van der Waals surface area contributed by atoms with Gasteiger partial charge in [0, 0.05) is 32.9 Å². The Balaban J connectivity index is 1.63. The lowest BCUT2D eigenvalue weighted by molar-refractivity contribution is 0.306. The van der Waals surface area contributed by atoms with Crippen LogP contribution in [0.5, 0.6) is 5.75 Å². The Bertz CT molecular complexity index is 912. The highest BCUT2D eigenvalue weighted by atomic mass is 35.5. The normalized spacial score (nSPS) is 10.6. The Kier molecular flexibility index (Phi) is 6.31. The number of hydrogen-bond donors (Lipinski definition) is 1. The Hall–Kier alpha value is -1.87. The van der Waals surface area contributed by atoms with Crippen molar-refractivity contribution in [3.05, 3.63) is 92.4 Å². The van der Waals surface area contributed by atoms with E-state index in [2.05, 4.69) is 11.4 Å². The molecule has 134 valence electrons. The number of nitrogens with one attached hydrogen (secondary N) is 1. The summed E-state index contributed by atoms with van der Waals surface area (Å²) in [5.41, 5.74) is 4.19. The topological polar surface area (TPSA) is 21.3 Å². The standard InChI is InChI=1S/C21H18Cl3NO/c1-14-5-7-18(23)11-21(14)25-12-15-3-2-4-19(9-15)26-13-16-6-8-17(22)10-20(16)24/h2-11,25H,12-13H2,1H3. The number of ether oxygens (including phenoxy) is 1. The molecule has 0 aliphatic rings. The largest absolute Gasteiger partial charge is 0.489 e. The summed E-state index contributed by atoms with van der Waals surface area (Å²) in [7, 11) is 0. The molecule has 1 N–H and O–H groups in total. The van der Waals surface area contributed by atoms with Gasteiger partial charge < -0.3 is 10.1 Å². The first-order valence-corrected chi connectivity index (χ1v) is 9.30. The lowest BCUT2D eigenvalue weighted by Crippen LogP contribution is -2.02. The first-order chi connectivity index (χ1) is 12.5. The number of hydrogen-bond acceptors (Lipinski definition) is 2. The summed E-state index contributed by atoms with van der Waals surface area (Å²) >= 11 is 18.2. The molecule has 0 fully saturated rings. The molecule has 0 unspecified atom stereocenters. The molecule has 0 aromatic heterocycles. The maximum absolute atomic E-state index is 6.19. The molecule has 0 atom stereocenters. The zero-order chi connectivity index (χ0) is 18.5. The Morgan fingerprint density at radius 2 is 1.65 bits per heavy atom. The number of anilines is 1. The maximum Gasteiger partial charge on any atom is 0.120 e. The smallest absolute Gasteiger partial charge is 0.120 e. The first-order valence-electron chi connectivity index (χ1n) is 8.17. The molecule has 3 rings (SSSR count). The van der Waals surface area contributed by atoms with Crippen molar-refractivity contribution in [2.24, 2.45) is 0 Å². The van der Waals surface area contributed by atoms with Crippen molar-refractivity contribution < 1.29 is 4.74 Å². The molecule has 0 heterocycles. The molecule has 0 bridgehead atoms. The Morgan fingerprint density at radius 1 is 0.885 bits per heavy atom. The Morgan fingerprint density at radius 3 is 2.46 bits per heavy atom. The summed E-state index contributed by atoms with van der Waals surface area (Å²) < 4.78 is 5.87. The lowest BCUT2D eigenvalue weighted by atomic mass is 10.1. The fourth-order valence-corrected chi connectivity index (χ4v) is 3.16. The van der Waals surface area contributed by atoms with Gasteiger partial charge in [-0.1, -0.05) is 59.1 Å². The summed E-state index contributed by atoms with van der Waals surface area (Å²) in [6, 6.07) is 19.2. The minimum absolute atomic E-state index is 0.389. The molecular formula is C21H18Cl3NO. The van der Waals surface area contributed by atoms with Crippen LogP contribution in [0.15, 0.2) is 60.7 Å². The number of aryl methyl sites for hydroxylation is 1. The van der Waals surface area contributed by atoms with E-state index in [9.17, 15) is 0 Å². The van der Waals surface area contributed by atoms with Gasteiger partial charge in [-0.25, -0.2) is 0 Å². The van der Waals surface area contributed by atoms with Crippen molar-refractivity contribution in [1.29, 1.82) is 0 Å². The fraction of sp³-hybridized carbons (Fsp3) is 0.143. The second-order valence-corrected chi connectivity index (χ2v) is 7.26. The molecular weight excluding hydrogens is 389 g/mol. The molecule has 0 spiro atoms. The second kappa shape index (κ2) is 8.68. The van der Waals surface area contributed by atoms with Crippen LogP contribution in [0.3, 0.4) is 0 Å². The van der Waals surface area contributed by atoms with Crippen LogP contribution in [0.1, 0.15) is 16.7 Å². The van der Waals surface area contributed by atoms with Crippen LogP contribution in [0.4, 0.5) is 5.69 Å². The molecule has 0 aliphatic carbocycles. The van der Waals surface area contributed by atoms with E-state index in [1.165, 1.54) is 0 Å². The average Bonchev–Trinajstić information content (AvgIpc) is 2.62. The van der Waals surface area contributed by atoms with Crippen LogP contribution in [0.25, 0.3) is 0 Å². The minimum atomic E-state index is 0.389. The van der Waals surface area contributed by atoms with Gasteiger partial charge in [-0.2, -0.15) is 0 Å². The molecule has 3 aromatic carbocycles. The predicted molar refractivity (Wildman–Crippen MR) is 111 cm³/mol. The van der Waals surface area contributed by atoms with E-state index in [1.54, 1.807) is 12.1 Å². The van der Waals surface area contributed by atoms with Crippen LogP contribution in [-0.4, -0.2) is 0 Å². The van der Waals surface area contributed by atoms with Crippen LogP contribution in [0, 0.1) is 6.92 Å². The molecule has 5 heteroatoms. The van der Waals surface area contributed by atoms with Gasteiger partial charge in [-0.3, -0.25) is 0 Å². The van der Waals surface area contributed by atoms with Gasteiger partial charge in [0.05, 0.1) is 0 Å². The highest BCUT2D eigenvalue weighted by Crippen LogP contribution is 2.24. The first kappa shape index (κ1) is 18.9. The molecule has 26 heavy (non-hydrogen) atoms. The number of halogens is 3. The number of rotatable bonds is 6. The zero-order valence-electron chi connectivity index (χ0n) is 14.2. The van der Waals surface area contributed by atoms with Crippen molar-refractivity contribution in [1.82, 2.24) is 0 Å². The summed E-state index contributed by atoms with van der Waals surface area (Å²) in [6.07, 6.45) is 0. The molecule has 3 aromatic rings. The molecule has 0 saturated carbocycles.